The molecule has 1 aliphatic rings. The number of amidine groups is 1. The molecule has 0 heterocycles. The Balaban J connectivity index is 2.26. The molecule has 0 aromatic heterocycles. The Bertz CT molecular complexity index is 554. The normalized spacial score (nSPS) is 22.3. The molecular formula is C16H25N3O2. The van der Waals surface area contributed by atoms with Crippen molar-refractivity contribution in [2.75, 3.05) is 14.2 Å². The van der Waals surface area contributed by atoms with E-state index in [1.54, 1.807) is 7.11 Å². The minimum absolute atomic E-state index is 0.316. The first-order valence-electron chi connectivity index (χ1n) is 7.17. The van der Waals surface area contributed by atoms with E-state index in [9.17, 15) is 5.11 Å². The number of ether oxygens (including phenoxy) is 1. The molecular weight excluding hydrogens is 266 g/mol. The summed E-state index contributed by atoms with van der Waals surface area (Å²) < 4.78 is 5.46. The third-order valence-electron chi connectivity index (χ3n) is 4.42. The zero-order chi connectivity index (χ0) is 15.8. The molecule has 0 aliphatic heterocycles. The van der Waals surface area contributed by atoms with Crippen molar-refractivity contribution in [3.8, 4) is 0 Å². The van der Waals surface area contributed by atoms with Crippen LogP contribution in [0.1, 0.15) is 37.9 Å². The number of aliphatic imine (C=N–C) groups is 1. The molecule has 0 saturated carbocycles. The number of hydrogen-bond donors (Lipinski definition) is 2. The Morgan fingerprint density at radius 1 is 1.48 bits per heavy atom. The van der Waals surface area contributed by atoms with Crippen LogP contribution >= 0.6 is 0 Å². The number of rotatable bonds is 3. The zero-order valence-electron chi connectivity index (χ0n) is 13.4. The maximum absolute atomic E-state index is 9.83. The van der Waals surface area contributed by atoms with E-state index >= 15 is 0 Å². The van der Waals surface area contributed by atoms with Crippen LogP contribution in [0.15, 0.2) is 23.2 Å². The molecule has 21 heavy (non-hydrogen) atoms. The minimum Gasteiger partial charge on any atom is -0.391 e. The number of aliphatic hydroxyl groups is 1. The van der Waals surface area contributed by atoms with Gasteiger partial charge in [-0.05, 0) is 44.0 Å². The van der Waals surface area contributed by atoms with Crippen LogP contribution in [0.25, 0.3) is 0 Å². The Kier molecular flexibility index (Phi) is 4.37. The predicted molar refractivity (Wildman–Crippen MR) is 84.7 cm³/mol. The lowest BCUT2D eigenvalue weighted by Gasteiger charge is -2.35. The fraction of sp³-hybridized carbons (Fsp3) is 0.562. The van der Waals surface area contributed by atoms with Crippen molar-refractivity contribution in [3.63, 3.8) is 0 Å². The third kappa shape index (κ3) is 3.10. The second-order valence-corrected chi connectivity index (χ2v) is 6.05. The summed E-state index contributed by atoms with van der Waals surface area (Å²) in [5.74, 6) is 0.855. The van der Waals surface area contributed by atoms with E-state index in [2.05, 4.69) is 4.99 Å². The second kappa shape index (κ2) is 5.75. The largest absolute Gasteiger partial charge is 0.391 e. The van der Waals surface area contributed by atoms with Crippen LogP contribution in [0.2, 0.25) is 0 Å². The van der Waals surface area contributed by atoms with E-state index in [1.807, 2.05) is 50.9 Å². The fourth-order valence-corrected chi connectivity index (χ4v) is 2.50. The topological polar surface area (TPSA) is 71.1 Å². The van der Waals surface area contributed by atoms with Crippen molar-refractivity contribution >= 4 is 11.5 Å². The van der Waals surface area contributed by atoms with Gasteiger partial charge < -0.3 is 20.5 Å². The van der Waals surface area contributed by atoms with Gasteiger partial charge in [0.15, 0.2) is 0 Å². The molecule has 0 radical (unpaired) electrons. The van der Waals surface area contributed by atoms with Crippen molar-refractivity contribution < 1.29 is 9.84 Å². The third-order valence-corrected chi connectivity index (χ3v) is 4.42. The number of nitrogens with zero attached hydrogens (tertiary/aromatic N) is 2. The first-order valence-corrected chi connectivity index (χ1v) is 7.17. The first kappa shape index (κ1) is 15.9. The maximum atomic E-state index is 9.83. The molecule has 0 unspecified atom stereocenters. The van der Waals surface area contributed by atoms with Gasteiger partial charge in [-0.2, -0.15) is 0 Å². The number of methoxy groups -OCH3 is 1. The van der Waals surface area contributed by atoms with Gasteiger partial charge in [-0.3, -0.25) is 0 Å². The number of aliphatic hydroxyl groups excluding tert-OH is 1. The zero-order valence-corrected chi connectivity index (χ0v) is 13.4. The Morgan fingerprint density at radius 3 is 2.76 bits per heavy atom. The molecule has 0 amide bonds. The highest BCUT2D eigenvalue weighted by Gasteiger charge is 2.28. The lowest BCUT2D eigenvalue weighted by molar-refractivity contribution is -0.0625. The van der Waals surface area contributed by atoms with E-state index in [-0.39, 0.29) is 6.04 Å². The average molecular weight is 291 g/mol. The summed E-state index contributed by atoms with van der Waals surface area (Å²) in [7, 11) is 3.63. The minimum atomic E-state index is -0.490. The predicted octanol–water partition coefficient (Wildman–Crippen LogP) is 1.97. The molecule has 1 aliphatic carbocycles. The number of hydrogen-bond acceptors (Lipinski definition) is 4. The first-order chi connectivity index (χ1) is 9.76. The van der Waals surface area contributed by atoms with Crippen molar-refractivity contribution in [2.45, 2.75) is 45.1 Å². The van der Waals surface area contributed by atoms with Crippen molar-refractivity contribution in [3.05, 3.63) is 29.3 Å². The molecule has 1 aromatic rings. The Hall–Kier alpha value is -1.43. The quantitative estimate of drug-likeness (QED) is 0.507. The molecule has 0 fully saturated rings. The molecule has 0 saturated heterocycles. The van der Waals surface area contributed by atoms with Crippen molar-refractivity contribution in [2.24, 2.45) is 10.7 Å². The van der Waals surface area contributed by atoms with Gasteiger partial charge in [0.2, 0.25) is 0 Å². The van der Waals surface area contributed by atoms with Gasteiger partial charge in [-0.15, -0.1) is 0 Å². The van der Waals surface area contributed by atoms with Crippen molar-refractivity contribution in [1.29, 1.82) is 0 Å². The molecule has 116 valence electrons. The second-order valence-electron chi connectivity index (χ2n) is 6.05. The smallest absolute Gasteiger partial charge is 0.135 e. The molecule has 3 N–H and O–H groups in total. The van der Waals surface area contributed by atoms with Gasteiger partial charge in [0.25, 0.3) is 0 Å². The van der Waals surface area contributed by atoms with E-state index in [0.717, 1.165) is 22.6 Å². The van der Waals surface area contributed by atoms with Gasteiger partial charge in [0, 0.05) is 20.6 Å². The van der Waals surface area contributed by atoms with Crippen LogP contribution in [0.4, 0.5) is 5.69 Å². The summed E-state index contributed by atoms with van der Waals surface area (Å²) in [4.78, 5) is 6.62. The molecule has 2 atom stereocenters. The van der Waals surface area contributed by atoms with E-state index < -0.39 is 11.8 Å². The van der Waals surface area contributed by atoms with Crippen LogP contribution in [0.3, 0.4) is 0 Å². The molecule has 2 rings (SSSR count). The summed E-state index contributed by atoms with van der Waals surface area (Å²) in [6.07, 6.45) is 0.131. The van der Waals surface area contributed by atoms with Gasteiger partial charge in [0.1, 0.15) is 11.6 Å². The van der Waals surface area contributed by atoms with E-state index in [4.69, 9.17) is 10.5 Å². The maximum Gasteiger partial charge on any atom is 0.135 e. The number of nitrogens with two attached hydrogens (primary N) is 1. The molecule has 5 nitrogen and oxygen atoms in total. The van der Waals surface area contributed by atoms with E-state index in [0.29, 0.717) is 6.42 Å². The van der Waals surface area contributed by atoms with Crippen LogP contribution < -0.4 is 5.73 Å². The van der Waals surface area contributed by atoms with E-state index in [1.165, 1.54) is 0 Å². The summed E-state index contributed by atoms with van der Waals surface area (Å²) in [5, 5.41) is 9.83. The fourth-order valence-electron chi connectivity index (χ4n) is 2.50. The van der Waals surface area contributed by atoms with Gasteiger partial charge in [-0.1, -0.05) is 6.07 Å². The number of benzene rings is 1. The molecule has 0 spiro atoms. The Labute approximate surface area is 126 Å². The van der Waals surface area contributed by atoms with Gasteiger partial charge in [-0.25, -0.2) is 4.99 Å². The van der Waals surface area contributed by atoms with Crippen LogP contribution in [0.5, 0.6) is 0 Å². The van der Waals surface area contributed by atoms with Gasteiger partial charge in [0.05, 0.1) is 17.8 Å². The molecule has 5 heteroatoms. The summed E-state index contributed by atoms with van der Waals surface area (Å²) >= 11 is 0. The van der Waals surface area contributed by atoms with Crippen molar-refractivity contribution in [1.82, 2.24) is 4.90 Å². The average Bonchev–Trinajstić information content (AvgIpc) is 2.73. The van der Waals surface area contributed by atoms with Crippen LogP contribution in [0, 0.1) is 0 Å². The summed E-state index contributed by atoms with van der Waals surface area (Å²) in [6.45, 7) is 5.92. The number of fused-ring (bicyclic) bond motifs is 1. The Morgan fingerprint density at radius 2 is 2.14 bits per heavy atom. The standard InChI is InChI=1S/C16H25N3O2/c1-10(19(4)16(2,3)21-5)18-12-7-6-11-8-14(20)15(17)13(11)9-12/h6-7,9,14-15,20H,8,17H2,1-5H3/t14-,15-/m1/s1. The highest BCUT2D eigenvalue weighted by atomic mass is 16.5. The van der Waals surface area contributed by atoms with Gasteiger partial charge >= 0.3 is 0 Å². The lowest BCUT2D eigenvalue weighted by atomic mass is 10.1. The van der Waals surface area contributed by atoms with Crippen LogP contribution in [-0.2, 0) is 11.2 Å². The lowest BCUT2D eigenvalue weighted by Crippen LogP contribution is -2.45. The highest BCUT2D eigenvalue weighted by Crippen LogP contribution is 2.32. The highest BCUT2D eigenvalue weighted by molar-refractivity contribution is 5.83. The van der Waals surface area contributed by atoms with Crippen LogP contribution in [-0.4, -0.2) is 41.8 Å². The summed E-state index contributed by atoms with van der Waals surface area (Å²) in [6, 6.07) is 5.61. The molecule has 0 bridgehead atoms. The molecule has 1 aromatic carbocycles. The SMILES string of the molecule is COC(C)(C)N(C)C(C)=Nc1ccc2c(c1)[C@@H](N)[C@H](O)C2. The summed E-state index contributed by atoms with van der Waals surface area (Å²) in [5.41, 5.74) is 8.53. The monoisotopic (exact) mass is 291 g/mol.